The number of hydrogen-bond acceptors (Lipinski definition) is 5. The Hall–Kier alpha value is -1.79. The number of esters is 1. The minimum atomic E-state index is -0.465. The molecule has 1 aromatic rings. The number of carbonyl (C=O) groups excluding carboxylic acids is 2. The van der Waals surface area contributed by atoms with Crippen molar-refractivity contribution in [2.45, 2.75) is 13.8 Å². The van der Waals surface area contributed by atoms with Crippen LogP contribution in [0.1, 0.15) is 13.8 Å². The van der Waals surface area contributed by atoms with Crippen molar-refractivity contribution in [2.75, 3.05) is 31.1 Å². The van der Waals surface area contributed by atoms with Crippen LogP contribution in [-0.4, -0.2) is 43.8 Å². The fourth-order valence-electron chi connectivity index (χ4n) is 2.22. The second-order valence-corrected chi connectivity index (χ2v) is 5.85. The van der Waals surface area contributed by atoms with Crippen LogP contribution in [0.25, 0.3) is 0 Å². The van der Waals surface area contributed by atoms with Gasteiger partial charge in [-0.3, -0.25) is 14.6 Å². The molecule has 1 aliphatic rings. The molecule has 1 heterocycles. The highest BCUT2D eigenvalue weighted by molar-refractivity contribution is 6.42. The van der Waals surface area contributed by atoms with Crippen molar-refractivity contribution < 1.29 is 14.3 Å². The Bertz CT molecular complexity index is 662. The predicted molar refractivity (Wildman–Crippen MR) is 91.1 cm³/mol. The van der Waals surface area contributed by atoms with Crippen LogP contribution in [0.15, 0.2) is 17.1 Å². The van der Waals surface area contributed by atoms with Gasteiger partial charge >= 0.3 is 5.97 Å². The van der Waals surface area contributed by atoms with Crippen molar-refractivity contribution in [1.82, 2.24) is 5.32 Å². The average Bonchev–Trinajstić information content (AvgIpc) is 2.47. The number of aliphatic imine (C=N–C) groups is 1. The SMILES string of the molecule is CCOC(=O)CNC(=O)CN1CC(C)=Nc2cc(Cl)c(Cl)cc21. The zero-order valence-electron chi connectivity index (χ0n) is 12.9. The van der Waals surface area contributed by atoms with Gasteiger partial charge in [0.15, 0.2) is 0 Å². The average molecular weight is 358 g/mol. The fourth-order valence-corrected chi connectivity index (χ4v) is 2.54. The quantitative estimate of drug-likeness (QED) is 0.822. The molecule has 6 nitrogen and oxygen atoms in total. The third kappa shape index (κ3) is 4.59. The molecule has 0 aliphatic carbocycles. The Morgan fingerprint density at radius 1 is 1.35 bits per heavy atom. The van der Waals surface area contributed by atoms with E-state index in [2.05, 4.69) is 10.3 Å². The van der Waals surface area contributed by atoms with Gasteiger partial charge in [0.1, 0.15) is 6.54 Å². The largest absolute Gasteiger partial charge is 0.465 e. The van der Waals surface area contributed by atoms with Gasteiger partial charge in [0.05, 0.1) is 41.1 Å². The molecule has 0 atom stereocenters. The Kier molecular flexibility index (Phi) is 5.85. The molecule has 1 aliphatic heterocycles. The Morgan fingerprint density at radius 2 is 2.04 bits per heavy atom. The molecule has 0 unspecified atom stereocenters. The molecule has 0 saturated heterocycles. The lowest BCUT2D eigenvalue weighted by Crippen LogP contribution is -2.42. The molecule has 0 fully saturated rings. The van der Waals surface area contributed by atoms with Crippen LogP contribution in [-0.2, 0) is 14.3 Å². The highest BCUT2D eigenvalue weighted by atomic mass is 35.5. The molecule has 0 spiro atoms. The van der Waals surface area contributed by atoms with Gasteiger partial charge in [-0.2, -0.15) is 0 Å². The Labute approximate surface area is 144 Å². The molecular weight excluding hydrogens is 341 g/mol. The number of amides is 1. The number of rotatable bonds is 5. The zero-order chi connectivity index (χ0) is 17.0. The first kappa shape index (κ1) is 17.6. The molecule has 0 aromatic heterocycles. The van der Waals surface area contributed by atoms with Gasteiger partial charge in [-0.05, 0) is 26.0 Å². The van der Waals surface area contributed by atoms with E-state index in [1.807, 2.05) is 11.8 Å². The maximum absolute atomic E-state index is 12.0. The van der Waals surface area contributed by atoms with Crippen LogP contribution in [0.3, 0.4) is 0 Å². The number of hydrogen-bond donors (Lipinski definition) is 1. The number of nitrogens with zero attached hydrogens (tertiary/aromatic N) is 2. The van der Waals surface area contributed by atoms with Crippen molar-refractivity contribution in [2.24, 2.45) is 4.99 Å². The Morgan fingerprint density at radius 3 is 2.74 bits per heavy atom. The van der Waals surface area contributed by atoms with Crippen molar-refractivity contribution in [3.8, 4) is 0 Å². The number of nitrogens with one attached hydrogen (secondary N) is 1. The van der Waals surface area contributed by atoms with E-state index in [1.165, 1.54) is 0 Å². The van der Waals surface area contributed by atoms with E-state index in [0.29, 0.717) is 22.3 Å². The summed E-state index contributed by atoms with van der Waals surface area (Å²) < 4.78 is 4.77. The molecule has 124 valence electrons. The van der Waals surface area contributed by atoms with Crippen LogP contribution in [0, 0.1) is 0 Å². The number of fused-ring (bicyclic) bond motifs is 1. The number of benzene rings is 1. The normalized spacial score (nSPS) is 13.2. The summed E-state index contributed by atoms with van der Waals surface area (Å²) in [7, 11) is 0. The van der Waals surface area contributed by atoms with Crippen LogP contribution in [0.4, 0.5) is 11.4 Å². The first-order valence-corrected chi connectivity index (χ1v) is 7.86. The number of anilines is 1. The fraction of sp³-hybridized carbons (Fsp3) is 0.400. The third-order valence-electron chi connectivity index (χ3n) is 3.16. The van der Waals surface area contributed by atoms with Gasteiger partial charge in [-0.25, -0.2) is 0 Å². The summed E-state index contributed by atoms with van der Waals surface area (Å²) in [5, 5.41) is 3.34. The minimum absolute atomic E-state index is 0.0806. The number of halogens is 2. The highest BCUT2D eigenvalue weighted by Crippen LogP contribution is 2.38. The standard InChI is InChI=1S/C15H17Cl2N3O3/c1-3-23-15(22)6-18-14(21)8-20-7-9(2)19-12-4-10(16)11(17)5-13(12)20/h4-5H,3,6-8H2,1-2H3,(H,18,21). The van der Waals surface area contributed by atoms with Gasteiger partial charge in [0, 0.05) is 5.71 Å². The summed E-state index contributed by atoms with van der Waals surface area (Å²) in [6, 6.07) is 3.36. The summed E-state index contributed by atoms with van der Waals surface area (Å²) in [6.07, 6.45) is 0. The second kappa shape index (κ2) is 7.66. The maximum atomic E-state index is 12.0. The van der Waals surface area contributed by atoms with Gasteiger partial charge in [0.2, 0.25) is 5.91 Å². The van der Waals surface area contributed by atoms with E-state index in [9.17, 15) is 9.59 Å². The highest BCUT2D eigenvalue weighted by Gasteiger charge is 2.21. The molecule has 0 saturated carbocycles. The number of ether oxygens (including phenoxy) is 1. The van der Waals surface area contributed by atoms with E-state index in [4.69, 9.17) is 27.9 Å². The summed E-state index contributed by atoms with van der Waals surface area (Å²) >= 11 is 12.1. The van der Waals surface area contributed by atoms with Crippen molar-refractivity contribution >= 4 is 52.2 Å². The third-order valence-corrected chi connectivity index (χ3v) is 3.88. The Balaban J connectivity index is 2.07. The van der Waals surface area contributed by atoms with Crippen LogP contribution in [0.5, 0.6) is 0 Å². The van der Waals surface area contributed by atoms with E-state index in [1.54, 1.807) is 19.1 Å². The lowest BCUT2D eigenvalue weighted by Gasteiger charge is -2.29. The van der Waals surface area contributed by atoms with Crippen LogP contribution in [0.2, 0.25) is 10.0 Å². The molecule has 1 aromatic carbocycles. The minimum Gasteiger partial charge on any atom is -0.465 e. The van der Waals surface area contributed by atoms with Gasteiger partial charge in [-0.1, -0.05) is 23.2 Å². The van der Waals surface area contributed by atoms with E-state index >= 15 is 0 Å². The topological polar surface area (TPSA) is 71.0 Å². The summed E-state index contributed by atoms with van der Waals surface area (Å²) in [6.45, 7) is 4.29. The maximum Gasteiger partial charge on any atom is 0.325 e. The lowest BCUT2D eigenvalue weighted by atomic mass is 10.2. The molecule has 0 bridgehead atoms. The molecule has 2 rings (SSSR count). The predicted octanol–water partition coefficient (Wildman–Crippen LogP) is 2.59. The summed E-state index contributed by atoms with van der Waals surface area (Å²) in [5.41, 5.74) is 2.26. The molecule has 1 amide bonds. The second-order valence-electron chi connectivity index (χ2n) is 5.04. The zero-order valence-corrected chi connectivity index (χ0v) is 14.4. The van der Waals surface area contributed by atoms with Crippen molar-refractivity contribution in [3.63, 3.8) is 0 Å². The summed E-state index contributed by atoms with van der Waals surface area (Å²) in [5.74, 6) is -0.753. The number of carbonyl (C=O) groups is 2. The van der Waals surface area contributed by atoms with Crippen molar-refractivity contribution in [3.05, 3.63) is 22.2 Å². The van der Waals surface area contributed by atoms with Gasteiger partial charge < -0.3 is 15.0 Å². The first-order valence-electron chi connectivity index (χ1n) is 7.11. The van der Waals surface area contributed by atoms with Crippen LogP contribution >= 0.6 is 23.2 Å². The summed E-state index contributed by atoms with van der Waals surface area (Å²) in [4.78, 5) is 29.6. The molecule has 23 heavy (non-hydrogen) atoms. The van der Waals surface area contributed by atoms with Gasteiger partial charge in [-0.15, -0.1) is 0 Å². The van der Waals surface area contributed by atoms with E-state index < -0.39 is 5.97 Å². The molecule has 0 radical (unpaired) electrons. The first-order chi connectivity index (χ1) is 10.9. The van der Waals surface area contributed by atoms with Crippen molar-refractivity contribution in [1.29, 1.82) is 0 Å². The molecular formula is C15H17Cl2N3O3. The lowest BCUT2D eigenvalue weighted by molar-refractivity contribution is -0.143. The smallest absolute Gasteiger partial charge is 0.325 e. The molecule has 8 heteroatoms. The monoisotopic (exact) mass is 357 g/mol. The van der Waals surface area contributed by atoms with Gasteiger partial charge in [0.25, 0.3) is 0 Å². The molecule has 1 N–H and O–H groups in total. The van der Waals surface area contributed by atoms with E-state index in [0.717, 1.165) is 11.4 Å². The van der Waals surface area contributed by atoms with E-state index in [-0.39, 0.29) is 25.6 Å². The van der Waals surface area contributed by atoms with Crippen LogP contribution < -0.4 is 10.2 Å².